The number of hydrogen-bond donors (Lipinski definition) is 1. The normalized spacial score (nSPS) is 10.7. The first-order valence-corrected chi connectivity index (χ1v) is 5.95. The third-order valence-electron chi connectivity index (χ3n) is 2.70. The van der Waals surface area contributed by atoms with Crippen LogP contribution >= 0.6 is 0 Å². The molecule has 0 saturated carbocycles. The van der Waals surface area contributed by atoms with Gasteiger partial charge < -0.3 is 14.7 Å². The van der Waals surface area contributed by atoms with Crippen LogP contribution in [0.25, 0.3) is 0 Å². The molecular formula is C15H14FNO3. The number of ether oxygens (including phenoxy) is 2. The molecule has 5 heteroatoms. The molecule has 0 radical (unpaired) electrons. The van der Waals surface area contributed by atoms with Gasteiger partial charge in [-0.3, -0.25) is 0 Å². The molecule has 0 aliphatic rings. The van der Waals surface area contributed by atoms with E-state index in [-0.39, 0.29) is 5.82 Å². The highest BCUT2D eigenvalue weighted by Gasteiger charge is 2.05. The minimum absolute atomic E-state index is 0.279. The maximum Gasteiger partial charge on any atom is 0.161 e. The van der Waals surface area contributed by atoms with E-state index in [1.54, 1.807) is 30.3 Å². The Morgan fingerprint density at radius 3 is 2.55 bits per heavy atom. The van der Waals surface area contributed by atoms with E-state index in [0.29, 0.717) is 23.7 Å². The monoisotopic (exact) mass is 275 g/mol. The maximum atomic E-state index is 12.8. The fourth-order valence-electron chi connectivity index (χ4n) is 1.69. The van der Waals surface area contributed by atoms with Gasteiger partial charge in [-0.2, -0.15) is 0 Å². The second kappa shape index (κ2) is 6.56. The highest BCUT2D eigenvalue weighted by Crippen LogP contribution is 2.28. The minimum atomic E-state index is -0.279. The molecule has 0 aliphatic heterocycles. The van der Waals surface area contributed by atoms with Gasteiger partial charge in [0.25, 0.3) is 0 Å². The second-order valence-corrected chi connectivity index (χ2v) is 4.07. The van der Waals surface area contributed by atoms with Crippen molar-refractivity contribution < 1.29 is 19.1 Å². The van der Waals surface area contributed by atoms with Crippen LogP contribution in [0.4, 0.5) is 4.39 Å². The minimum Gasteiger partial charge on any atom is -0.493 e. The largest absolute Gasteiger partial charge is 0.493 e. The van der Waals surface area contributed by atoms with Crippen molar-refractivity contribution in [3.63, 3.8) is 0 Å². The van der Waals surface area contributed by atoms with Crippen LogP contribution in [0.1, 0.15) is 11.1 Å². The second-order valence-electron chi connectivity index (χ2n) is 4.07. The van der Waals surface area contributed by atoms with Crippen LogP contribution in [0.2, 0.25) is 0 Å². The predicted molar refractivity (Wildman–Crippen MR) is 73.1 cm³/mol. The van der Waals surface area contributed by atoms with Crippen molar-refractivity contribution in [2.45, 2.75) is 6.61 Å². The molecule has 0 atom stereocenters. The van der Waals surface area contributed by atoms with Crippen LogP contribution in [0.15, 0.2) is 47.6 Å². The predicted octanol–water partition coefficient (Wildman–Crippen LogP) is 3.22. The number of methoxy groups -OCH3 is 1. The molecule has 2 aromatic rings. The van der Waals surface area contributed by atoms with Gasteiger partial charge in [-0.05, 0) is 35.9 Å². The van der Waals surface area contributed by atoms with E-state index in [2.05, 4.69) is 5.16 Å². The fourth-order valence-corrected chi connectivity index (χ4v) is 1.69. The van der Waals surface area contributed by atoms with Gasteiger partial charge in [-0.15, -0.1) is 0 Å². The van der Waals surface area contributed by atoms with Crippen LogP contribution < -0.4 is 9.47 Å². The van der Waals surface area contributed by atoms with E-state index in [9.17, 15) is 4.39 Å². The van der Waals surface area contributed by atoms with Gasteiger partial charge in [0.2, 0.25) is 0 Å². The molecular weight excluding hydrogens is 261 g/mol. The summed E-state index contributed by atoms with van der Waals surface area (Å²) >= 11 is 0. The van der Waals surface area contributed by atoms with E-state index in [4.69, 9.17) is 14.7 Å². The summed E-state index contributed by atoms with van der Waals surface area (Å²) in [6.07, 6.45) is 1.30. The van der Waals surface area contributed by atoms with E-state index in [0.717, 1.165) is 5.56 Å². The van der Waals surface area contributed by atoms with Gasteiger partial charge in [0.15, 0.2) is 11.5 Å². The SMILES string of the molecule is COc1cc(/C=N\O)ccc1OCc1ccc(F)cc1. The number of rotatable bonds is 5. The summed E-state index contributed by atoms with van der Waals surface area (Å²) in [7, 11) is 1.53. The van der Waals surface area contributed by atoms with Gasteiger partial charge in [0.05, 0.1) is 13.3 Å². The number of oxime groups is 1. The molecule has 20 heavy (non-hydrogen) atoms. The van der Waals surface area contributed by atoms with E-state index in [1.165, 1.54) is 25.5 Å². The topological polar surface area (TPSA) is 51.0 Å². The van der Waals surface area contributed by atoms with Gasteiger partial charge >= 0.3 is 0 Å². The molecule has 0 aromatic heterocycles. The smallest absolute Gasteiger partial charge is 0.161 e. The lowest BCUT2D eigenvalue weighted by Crippen LogP contribution is -1.98. The molecule has 0 saturated heterocycles. The third kappa shape index (κ3) is 3.47. The van der Waals surface area contributed by atoms with Crippen LogP contribution in [0, 0.1) is 5.82 Å². The number of nitrogens with zero attached hydrogens (tertiary/aromatic N) is 1. The molecule has 2 aromatic carbocycles. The molecule has 0 spiro atoms. The molecule has 4 nitrogen and oxygen atoms in total. The summed E-state index contributed by atoms with van der Waals surface area (Å²) in [5, 5.41) is 11.4. The van der Waals surface area contributed by atoms with Gasteiger partial charge in [-0.1, -0.05) is 17.3 Å². The average Bonchev–Trinajstić information content (AvgIpc) is 2.47. The van der Waals surface area contributed by atoms with E-state index < -0.39 is 0 Å². The Labute approximate surface area is 116 Å². The van der Waals surface area contributed by atoms with Gasteiger partial charge in [0.1, 0.15) is 12.4 Å². The molecule has 1 N–H and O–H groups in total. The van der Waals surface area contributed by atoms with Crippen molar-refractivity contribution in [3.8, 4) is 11.5 Å². The van der Waals surface area contributed by atoms with Gasteiger partial charge in [0, 0.05) is 5.56 Å². The average molecular weight is 275 g/mol. The van der Waals surface area contributed by atoms with Gasteiger partial charge in [-0.25, -0.2) is 4.39 Å². The zero-order valence-electron chi connectivity index (χ0n) is 10.9. The summed E-state index contributed by atoms with van der Waals surface area (Å²) < 4.78 is 23.6. The standard InChI is InChI=1S/C15H14FNO3/c1-19-15-8-12(9-17-18)4-7-14(15)20-10-11-2-5-13(16)6-3-11/h2-9,18H,10H2,1H3/b17-9-. The molecule has 0 unspecified atom stereocenters. The van der Waals surface area contributed by atoms with Crippen molar-refractivity contribution in [2.24, 2.45) is 5.16 Å². The fraction of sp³-hybridized carbons (Fsp3) is 0.133. The number of benzene rings is 2. The summed E-state index contributed by atoms with van der Waals surface area (Å²) in [6.45, 7) is 0.310. The summed E-state index contributed by atoms with van der Waals surface area (Å²) in [6, 6.07) is 11.2. The first-order chi connectivity index (χ1) is 9.72. The van der Waals surface area contributed by atoms with Crippen LogP contribution in [-0.2, 0) is 6.61 Å². The third-order valence-corrected chi connectivity index (χ3v) is 2.70. The number of halogens is 1. The van der Waals surface area contributed by atoms with E-state index in [1.807, 2.05) is 0 Å². The quantitative estimate of drug-likeness (QED) is 0.518. The van der Waals surface area contributed by atoms with Crippen molar-refractivity contribution in [3.05, 3.63) is 59.4 Å². The Balaban J connectivity index is 2.10. The Morgan fingerprint density at radius 2 is 1.90 bits per heavy atom. The Bertz CT molecular complexity index is 597. The van der Waals surface area contributed by atoms with Crippen molar-refractivity contribution in [2.75, 3.05) is 7.11 Å². The molecule has 104 valence electrons. The van der Waals surface area contributed by atoms with Crippen molar-refractivity contribution in [1.29, 1.82) is 0 Å². The molecule has 0 amide bonds. The maximum absolute atomic E-state index is 12.8. The molecule has 0 heterocycles. The lowest BCUT2D eigenvalue weighted by atomic mass is 10.2. The lowest BCUT2D eigenvalue weighted by molar-refractivity contribution is 0.284. The number of hydrogen-bond acceptors (Lipinski definition) is 4. The van der Waals surface area contributed by atoms with E-state index >= 15 is 0 Å². The molecule has 0 bridgehead atoms. The Hall–Kier alpha value is -2.56. The molecule has 0 aliphatic carbocycles. The lowest BCUT2D eigenvalue weighted by Gasteiger charge is -2.11. The van der Waals surface area contributed by atoms with Crippen LogP contribution in [-0.4, -0.2) is 18.5 Å². The summed E-state index contributed by atoms with van der Waals surface area (Å²) in [5.41, 5.74) is 1.55. The highest BCUT2D eigenvalue weighted by molar-refractivity contribution is 5.80. The summed E-state index contributed by atoms with van der Waals surface area (Å²) in [4.78, 5) is 0. The van der Waals surface area contributed by atoms with Crippen molar-refractivity contribution >= 4 is 6.21 Å². The highest BCUT2D eigenvalue weighted by atomic mass is 19.1. The van der Waals surface area contributed by atoms with Crippen LogP contribution in [0.3, 0.4) is 0 Å². The van der Waals surface area contributed by atoms with Crippen molar-refractivity contribution in [1.82, 2.24) is 0 Å². The van der Waals surface area contributed by atoms with Crippen LogP contribution in [0.5, 0.6) is 11.5 Å². The first-order valence-electron chi connectivity index (χ1n) is 5.95. The summed E-state index contributed by atoms with van der Waals surface area (Å²) in [5.74, 6) is 0.815. The zero-order valence-corrected chi connectivity index (χ0v) is 10.9. The Morgan fingerprint density at radius 1 is 1.15 bits per heavy atom. The molecule has 2 rings (SSSR count). The first kappa shape index (κ1) is 13.9. The Kier molecular flexibility index (Phi) is 4.55. The zero-order chi connectivity index (χ0) is 14.4. The molecule has 0 fully saturated rings.